The van der Waals surface area contributed by atoms with Gasteiger partial charge in [0.1, 0.15) is 17.0 Å². The molecule has 2 fully saturated rings. The van der Waals surface area contributed by atoms with Gasteiger partial charge in [-0.2, -0.15) is 0 Å². The van der Waals surface area contributed by atoms with E-state index in [0.29, 0.717) is 18.7 Å². The summed E-state index contributed by atoms with van der Waals surface area (Å²) in [5.74, 6) is -0.115. The summed E-state index contributed by atoms with van der Waals surface area (Å²) in [6, 6.07) is 27.1. The van der Waals surface area contributed by atoms with Crippen molar-refractivity contribution in [2.45, 2.75) is 74.2 Å². The van der Waals surface area contributed by atoms with Gasteiger partial charge in [0.25, 0.3) is 0 Å². The largest absolute Gasteiger partial charge is 0.325 e. The number of rotatable bonds is 12. The maximum atomic E-state index is 13.6. The minimum Gasteiger partial charge on any atom is -0.325 e. The summed E-state index contributed by atoms with van der Waals surface area (Å²) < 4.78 is 19.6. The van der Waals surface area contributed by atoms with E-state index < -0.39 is 17.0 Å². The van der Waals surface area contributed by atoms with E-state index in [2.05, 4.69) is 71.9 Å². The quantitative estimate of drug-likeness (QED) is 0.110. The van der Waals surface area contributed by atoms with Gasteiger partial charge in [-0.3, -0.25) is 9.59 Å². The van der Waals surface area contributed by atoms with Crippen LogP contribution in [0.4, 0.5) is 11.4 Å². The van der Waals surface area contributed by atoms with E-state index in [0.717, 1.165) is 74.9 Å². The van der Waals surface area contributed by atoms with Crippen LogP contribution in [-0.4, -0.2) is 49.8 Å². The van der Waals surface area contributed by atoms with Crippen LogP contribution in [0.15, 0.2) is 104 Å². The predicted octanol–water partition coefficient (Wildman–Crippen LogP) is 9.74. The number of nitrogens with zero attached hydrogens (tertiary/aromatic N) is 2. The van der Waals surface area contributed by atoms with E-state index in [9.17, 15) is 13.8 Å². The lowest BCUT2D eigenvalue weighted by molar-refractivity contribution is -0.119. The first-order valence-electron chi connectivity index (χ1n) is 17.4. The molecule has 2 aliphatic rings. The molecule has 3 unspecified atom stereocenters. The minimum absolute atomic E-state index is 0.0229. The van der Waals surface area contributed by atoms with Crippen LogP contribution in [0.25, 0.3) is 12.2 Å². The van der Waals surface area contributed by atoms with E-state index >= 15 is 0 Å². The minimum atomic E-state index is -1.41. The number of nitrogens with one attached hydrogen (secondary N) is 2. The summed E-state index contributed by atoms with van der Waals surface area (Å²) in [6.45, 7) is 5.70. The molecule has 4 aromatic rings. The third kappa shape index (κ3) is 9.49. The first kappa shape index (κ1) is 37.7. The number of amides is 2. The highest BCUT2D eigenvalue weighted by Gasteiger charge is 2.36. The maximum Gasteiger partial charge on any atom is 0.242 e. The Kier molecular flexibility index (Phi) is 13.0. The number of carbonyl (C=O) groups is 2. The predicted molar refractivity (Wildman–Crippen MR) is 218 cm³/mol. The van der Waals surface area contributed by atoms with Crippen LogP contribution in [0.1, 0.15) is 61.8 Å². The Bertz CT molecular complexity index is 1920. The summed E-state index contributed by atoms with van der Waals surface area (Å²) in [6.07, 6.45) is 9.08. The molecule has 0 bridgehead atoms. The van der Waals surface area contributed by atoms with Crippen molar-refractivity contribution in [2.75, 3.05) is 23.7 Å². The molecule has 0 aromatic heterocycles. The van der Waals surface area contributed by atoms with Crippen LogP contribution in [0.5, 0.6) is 0 Å². The highest BCUT2D eigenvalue weighted by Crippen LogP contribution is 2.35. The molecule has 266 valence electrons. The molecule has 7 nitrogen and oxygen atoms in total. The second-order valence-corrected chi connectivity index (χ2v) is 17.0. The van der Waals surface area contributed by atoms with Gasteiger partial charge in [-0.05, 0) is 133 Å². The summed E-state index contributed by atoms with van der Waals surface area (Å²) in [4.78, 5) is 28.6. The Hall–Kier alpha value is -3.06. The molecule has 0 aliphatic carbocycles. The highest BCUT2D eigenvalue weighted by atomic mass is 79.9. The van der Waals surface area contributed by atoms with Crippen LogP contribution in [0, 0.1) is 0 Å². The molecule has 0 radical (unpaired) electrons. The van der Waals surface area contributed by atoms with Crippen molar-refractivity contribution >= 4 is 90.1 Å². The molecular weight excluding hydrogens is 808 g/mol. The van der Waals surface area contributed by atoms with Gasteiger partial charge in [0, 0.05) is 38.3 Å². The molecule has 2 heterocycles. The number of halogens is 2. The molecule has 0 saturated carbocycles. The number of anilines is 2. The lowest BCUT2D eigenvalue weighted by Crippen LogP contribution is -2.40. The highest BCUT2D eigenvalue weighted by molar-refractivity contribution is 9.10. The fourth-order valence-electron chi connectivity index (χ4n) is 6.47. The zero-order valence-electron chi connectivity index (χ0n) is 28.7. The zero-order valence-corrected chi connectivity index (χ0v) is 33.5. The second kappa shape index (κ2) is 17.6. The molecule has 0 spiro atoms. The van der Waals surface area contributed by atoms with Gasteiger partial charge in [0.2, 0.25) is 11.8 Å². The average Bonchev–Trinajstić information content (AvgIpc) is 3.83. The SMILES string of the molecule is CCc1cc(Br)ccc1SN1CCCC1C(=O)Nc1ccc(/C=C/c2ccc(NC(=O)C3CCCN3S(=O)c3ccc(Br)cc3CC)cc2)cc1. The standard InChI is InChI=1S/C40H42Br2N4O3S2/c1-3-29-25-31(41)15-21-37(29)50-45-23-5-7-35(45)39(47)43-33-17-11-27(12-18-33)9-10-28-13-19-34(20-14-28)44-40(48)36-8-6-24-46(36)51(49)38-22-16-32(42)26-30(38)4-2/h9-22,25-26,35-36H,3-8,23-24H2,1-2H3,(H,43,47)(H,44,48)/b10-9+. The van der Waals surface area contributed by atoms with E-state index in [-0.39, 0.29) is 17.9 Å². The lowest BCUT2D eigenvalue weighted by Gasteiger charge is -2.23. The van der Waals surface area contributed by atoms with Gasteiger partial charge in [-0.25, -0.2) is 12.8 Å². The molecule has 4 aromatic carbocycles. The normalized spacial score (nSPS) is 18.7. The fourth-order valence-corrected chi connectivity index (χ4v) is 10.1. The Morgan fingerprint density at radius 3 is 1.88 bits per heavy atom. The van der Waals surface area contributed by atoms with Crippen molar-refractivity contribution in [1.29, 1.82) is 0 Å². The van der Waals surface area contributed by atoms with Crippen LogP contribution < -0.4 is 10.6 Å². The van der Waals surface area contributed by atoms with Gasteiger partial charge in [-0.1, -0.05) is 82.1 Å². The van der Waals surface area contributed by atoms with Crippen molar-refractivity contribution < 1.29 is 13.8 Å². The maximum absolute atomic E-state index is 13.6. The van der Waals surface area contributed by atoms with Gasteiger partial charge >= 0.3 is 0 Å². The number of hydrogen-bond donors (Lipinski definition) is 2. The van der Waals surface area contributed by atoms with Gasteiger partial charge in [-0.15, -0.1) is 0 Å². The van der Waals surface area contributed by atoms with E-state index in [4.69, 9.17) is 0 Å². The number of benzene rings is 4. The van der Waals surface area contributed by atoms with E-state index in [1.54, 1.807) is 11.9 Å². The average molecular weight is 851 g/mol. The Labute approximate surface area is 324 Å². The molecule has 2 N–H and O–H groups in total. The van der Waals surface area contributed by atoms with Crippen LogP contribution >= 0.6 is 43.8 Å². The monoisotopic (exact) mass is 848 g/mol. The number of carbonyl (C=O) groups excluding carboxylic acids is 2. The van der Waals surface area contributed by atoms with Crippen molar-refractivity contribution in [3.05, 3.63) is 116 Å². The Morgan fingerprint density at radius 1 is 0.745 bits per heavy atom. The van der Waals surface area contributed by atoms with Crippen molar-refractivity contribution in [2.24, 2.45) is 0 Å². The zero-order chi connectivity index (χ0) is 35.9. The lowest BCUT2D eigenvalue weighted by atomic mass is 10.1. The summed E-state index contributed by atoms with van der Waals surface area (Å²) in [5.41, 5.74) is 5.78. The van der Waals surface area contributed by atoms with Gasteiger partial charge in [0.15, 0.2) is 0 Å². The first-order chi connectivity index (χ1) is 24.7. The Balaban J connectivity index is 1.01. The van der Waals surface area contributed by atoms with Crippen molar-refractivity contribution in [3.8, 4) is 0 Å². The molecule has 3 atom stereocenters. The molecule has 2 aliphatic heterocycles. The van der Waals surface area contributed by atoms with Crippen molar-refractivity contribution in [1.82, 2.24) is 8.61 Å². The first-order valence-corrected chi connectivity index (χ1v) is 20.9. The topological polar surface area (TPSA) is 81.8 Å². The Morgan fingerprint density at radius 2 is 1.27 bits per heavy atom. The third-order valence-electron chi connectivity index (χ3n) is 9.26. The van der Waals surface area contributed by atoms with Crippen LogP contribution in [0.2, 0.25) is 0 Å². The van der Waals surface area contributed by atoms with Crippen molar-refractivity contribution in [3.63, 3.8) is 0 Å². The summed E-state index contributed by atoms with van der Waals surface area (Å²) >= 11 is 8.76. The molecular formula is C40H42Br2N4O3S2. The van der Waals surface area contributed by atoms with E-state index in [1.807, 2.05) is 90.1 Å². The molecule has 2 amide bonds. The molecule has 2 saturated heterocycles. The molecule has 51 heavy (non-hydrogen) atoms. The summed E-state index contributed by atoms with van der Waals surface area (Å²) in [5, 5.41) is 6.16. The second-order valence-electron chi connectivity index (χ2n) is 12.7. The molecule has 6 rings (SSSR count). The third-order valence-corrected chi connectivity index (χ3v) is 13.2. The van der Waals surface area contributed by atoms with E-state index in [1.165, 1.54) is 10.5 Å². The van der Waals surface area contributed by atoms with Crippen LogP contribution in [0.3, 0.4) is 0 Å². The fraction of sp³-hybridized carbons (Fsp3) is 0.300. The number of aryl methyl sites for hydroxylation is 2. The smallest absolute Gasteiger partial charge is 0.242 e. The van der Waals surface area contributed by atoms with Gasteiger partial charge in [0.05, 0.1) is 10.9 Å². The molecule has 11 heteroatoms. The van der Waals surface area contributed by atoms with Gasteiger partial charge < -0.3 is 10.6 Å². The number of hydrogen-bond acceptors (Lipinski definition) is 5. The summed E-state index contributed by atoms with van der Waals surface area (Å²) in [7, 11) is -1.41. The van der Waals surface area contributed by atoms with Crippen LogP contribution in [-0.2, 0) is 33.4 Å².